The number of hydrogen-bond acceptors (Lipinski definition) is 3. The summed E-state index contributed by atoms with van der Waals surface area (Å²) in [5, 5.41) is 7.64. The zero-order valence-electron chi connectivity index (χ0n) is 16.2. The van der Waals surface area contributed by atoms with Gasteiger partial charge < -0.3 is 20.3 Å². The Kier molecular flexibility index (Phi) is 10.8. The molecule has 1 heterocycles. The van der Waals surface area contributed by atoms with Gasteiger partial charge >= 0.3 is 0 Å². The fourth-order valence-corrected chi connectivity index (χ4v) is 3.38. The van der Waals surface area contributed by atoms with Gasteiger partial charge in [-0.05, 0) is 44.4 Å². The van der Waals surface area contributed by atoms with Gasteiger partial charge in [-0.25, -0.2) is 0 Å². The second kappa shape index (κ2) is 12.0. The van der Waals surface area contributed by atoms with Crippen molar-refractivity contribution in [2.45, 2.75) is 44.9 Å². The predicted octanol–water partition coefficient (Wildman–Crippen LogP) is 3.68. The third kappa shape index (κ3) is 7.21. The Bertz CT molecular complexity index is 562. The van der Waals surface area contributed by atoms with Crippen LogP contribution in [0.25, 0.3) is 0 Å². The maximum absolute atomic E-state index is 6.08. The number of hydrogen-bond donors (Lipinski definition) is 2. The van der Waals surface area contributed by atoms with E-state index in [-0.39, 0.29) is 30.1 Å². The lowest BCUT2D eigenvalue weighted by Gasteiger charge is -2.35. The predicted molar refractivity (Wildman–Crippen MR) is 121 cm³/mol. The summed E-state index contributed by atoms with van der Waals surface area (Å²) in [6.07, 6.45) is 2.21. The molecule has 1 fully saturated rings. The minimum Gasteiger partial charge on any atom is -0.375 e. The lowest BCUT2D eigenvalue weighted by atomic mass is 10.0. The van der Waals surface area contributed by atoms with Gasteiger partial charge in [-0.3, -0.25) is 4.99 Å². The molecule has 2 N–H and O–H groups in total. The topological polar surface area (TPSA) is 48.9 Å². The van der Waals surface area contributed by atoms with Gasteiger partial charge in [0, 0.05) is 50.9 Å². The van der Waals surface area contributed by atoms with Crippen LogP contribution in [0.2, 0.25) is 5.02 Å². The van der Waals surface area contributed by atoms with Crippen LogP contribution in [-0.2, 0) is 4.74 Å². The molecule has 0 amide bonds. The van der Waals surface area contributed by atoms with Crippen LogP contribution in [0, 0.1) is 0 Å². The maximum atomic E-state index is 6.08. The Balaban J connectivity index is 0.00000338. The molecule has 0 spiro atoms. The number of halogens is 2. The van der Waals surface area contributed by atoms with Crippen molar-refractivity contribution in [3.05, 3.63) is 34.9 Å². The lowest BCUT2D eigenvalue weighted by molar-refractivity contribution is 0.106. The van der Waals surface area contributed by atoms with Crippen LogP contribution in [0.5, 0.6) is 0 Å². The molecular formula is C19H32ClIN4O. The summed E-state index contributed by atoms with van der Waals surface area (Å²) in [5.41, 5.74) is 1.06. The zero-order valence-corrected chi connectivity index (χ0v) is 19.3. The molecule has 1 unspecified atom stereocenters. The molecule has 5 nitrogen and oxygen atoms in total. The Hall–Kier alpha value is -0.570. The number of guanidine groups is 1. The summed E-state index contributed by atoms with van der Waals surface area (Å²) in [7, 11) is 3.52. The highest BCUT2D eigenvalue weighted by Crippen LogP contribution is 2.19. The molecule has 1 aromatic carbocycles. The van der Waals surface area contributed by atoms with Crippen LogP contribution in [0.3, 0.4) is 0 Å². The quantitative estimate of drug-likeness (QED) is 0.360. The van der Waals surface area contributed by atoms with Crippen molar-refractivity contribution in [1.29, 1.82) is 0 Å². The van der Waals surface area contributed by atoms with Crippen molar-refractivity contribution < 1.29 is 4.74 Å². The summed E-state index contributed by atoms with van der Waals surface area (Å²) >= 11 is 6.08. The first-order valence-corrected chi connectivity index (χ1v) is 9.40. The number of rotatable bonds is 6. The number of aliphatic imine (C=N–C) groups is 1. The average molecular weight is 495 g/mol. The number of methoxy groups -OCH3 is 1. The monoisotopic (exact) mass is 494 g/mol. The first-order valence-electron chi connectivity index (χ1n) is 9.03. The molecule has 0 saturated carbocycles. The third-order valence-electron chi connectivity index (χ3n) is 4.78. The molecule has 1 saturated heterocycles. The minimum absolute atomic E-state index is 0. The highest BCUT2D eigenvalue weighted by atomic mass is 127. The molecule has 0 aliphatic carbocycles. The third-order valence-corrected chi connectivity index (χ3v) is 5.02. The van der Waals surface area contributed by atoms with Gasteiger partial charge in [-0.15, -0.1) is 24.0 Å². The highest BCUT2D eigenvalue weighted by molar-refractivity contribution is 14.0. The van der Waals surface area contributed by atoms with Gasteiger partial charge in [-0.2, -0.15) is 0 Å². The Labute approximate surface area is 179 Å². The molecule has 1 aliphatic rings. The van der Waals surface area contributed by atoms with Crippen LogP contribution in [0.15, 0.2) is 29.3 Å². The van der Waals surface area contributed by atoms with Gasteiger partial charge in [0.1, 0.15) is 0 Å². The first kappa shape index (κ1) is 23.5. The van der Waals surface area contributed by atoms with E-state index in [0.29, 0.717) is 18.6 Å². The van der Waals surface area contributed by atoms with Crippen molar-refractivity contribution in [2.75, 3.05) is 33.8 Å². The molecule has 26 heavy (non-hydrogen) atoms. The average Bonchev–Trinajstić information content (AvgIpc) is 2.61. The van der Waals surface area contributed by atoms with Gasteiger partial charge in [0.05, 0.1) is 6.10 Å². The molecule has 1 aliphatic heterocycles. The van der Waals surface area contributed by atoms with Crippen molar-refractivity contribution in [3.63, 3.8) is 0 Å². The number of piperidine rings is 1. The molecule has 0 aromatic heterocycles. The number of ether oxygens (including phenoxy) is 1. The summed E-state index contributed by atoms with van der Waals surface area (Å²) in [5.74, 6) is 0.826. The lowest BCUT2D eigenvalue weighted by Crippen LogP contribution is -2.50. The van der Waals surface area contributed by atoms with Crippen molar-refractivity contribution in [1.82, 2.24) is 15.5 Å². The molecular weight excluding hydrogens is 463 g/mol. The number of nitrogens with zero attached hydrogens (tertiary/aromatic N) is 2. The Morgan fingerprint density at radius 2 is 2.04 bits per heavy atom. The highest BCUT2D eigenvalue weighted by Gasteiger charge is 2.21. The molecule has 2 rings (SSSR count). The fraction of sp³-hybridized carbons (Fsp3) is 0.632. The molecule has 1 atom stereocenters. The molecule has 7 heteroatoms. The normalized spacial score (nSPS) is 17.7. The Morgan fingerprint density at radius 1 is 1.35 bits per heavy atom. The summed E-state index contributed by atoms with van der Waals surface area (Å²) in [6.45, 7) is 7.43. The van der Waals surface area contributed by atoms with Crippen molar-refractivity contribution >= 4 is 41.5 Å². The van der Waals surface area contributed by atoms with Crippen LogP contribution >= 0.6 is 35.6 Å². The number of likely N-dealkylation sites (tertiary alicyclic amines) is 1. The van der Waals surface area contributed by atoms with Crippen LogP contribution in [0.4, 0.5) is 0 Å². The zero-order chi connectivity index (χ0) is 18.2. The standard InChI is InChI=1S/C19H31ClN4O.HI/c1-14(2)24-10-8-17(9-11-24)23-19(21-3)22-13-18(25-4)15-6-5-7-16(20)12-15;/h5-7,12,14,17-18H,8-11,13H2,1-4H3,(H2,21,22,23);1H. The largest absolute Gasteiger partial charge is 0.375 e. The van der Waals surface area contributed by atoms with Crippen LogP contribution < -0.4 is 10.6 Å². The van der Waals surface area contributed by atoms with Gasteiger partial charge in [0.25, 0.3) is 0 Å². The number of nitrogens with one attached hydrogen (secondary N) is 2. The summed E-state index contributed by atoms with van der Waals surface area (Å²) in [6, 6.07) is 8.87. The smallest absolute Gasteiger partial charge is 0.191 e. The summed E-state index contributed by atoms with van der Waals surface area (Å²) < 4.78 is 5.61. The van der Waals surface area contributed by atoms with Gasteiger partial charge in [-0.1, -0.05) is 23.7 Å². The van der Waals surface area contributed by atoms with E-state index in [1.807, 2.05) is 24.3 Å². The molecule has 1 aromatic rings. The van der Waals surface area contributed by atoms with Crippen molar-refractivity contribution in [3.8, 4) is 0 Å². The minimum atomic E-state index is -0.0694. The Morgan fingerprint density at radius 3 is 2.58 bits per heavy atom. The van der Waals surface area contributed by atoms with Crippen LogP contribution in [0.1, 0.15) is 38.4 Å². The van der Waals surface area contributed by atoms with Crippen LogP contribution in [-0.4, -0.2) is 56.7 Å². The van der Waals surface area contributed by atoms with E-state index in [1.54, 1.807) is 14.2 Å². The second-order valence-corrected chi connectivity index (χ2v) is 7.22. The van der Waals surface area contributed by atoms with E-state index in [2.05, 4.69) is 34.4 Å². The van der Waals surface area contributed by atoms with E-state index in [4.69, 9.17) is 16.3 Å². The van der Waals surface area contributed by atoms with E-state index in [9.17, 15) is 0 Å². The SMILES string of the molecule is CN=C(NCC(OC)c1cccc(Cl)c1)NC1CCN(C(C)C)CC1.I. The van der Waals surface area contributed by atoms with Gasteiger partial charge in [0.2, 0.25) is 0 Å². The van der Waals surface area contributed by atoms with E-state index >= 15 is 0 Å². The van der Waals surface area contributed by atoms with E-state index < -0.39 is 0 Å². The van der Waals surface area contributed by atoms with E-state index in [0.717, 1.165) is 42.5 Å². The maximum Gasteiger partial charge on any atom is 0.191 e. The molecule has 0 radical (unpaired) electrons. The van der Waals surface area contributed by atoms with Gasteiger partial charge in [0.15, 0.2) is 5.96 Å². The summed E-state index contributed by atoms with van der Waals surface area (Å²) in [4.78, 5) is 6.88. The molecule has 0 bridgehead atoms. The second-order valence-electron chi connectivity index (χ2n) is 6.78. The molecule has 148 valence electrons. The fourth-order valence-electron chi connectivity index (χ4n) is 3.18. The number of benzene rings is 1. The van der Waals surface area contributed by atoms with E-state index in [1.165, 1.54) is 0 Å². The van der Waals surface area contributed by atoms with Crippen molar-refractivity contribution in [2.24, 2.45) is 4.99 Å². The first-order chi connectivity index (χ1) is 12.0.